The van der Waals surface area contributed by atoms with Gasteiger partial charge in [-0.1, -0.05) is 78.1 Å². The van der Waals surface area contributed by atoms with Crippen LogP contribution in [0.3, 0.4) is 0 Å². The number of carbonyl (C=O) groups is 1. The smallest absolute Gasteiger partial charge is 0.222 e. The van der Waals surface area contributed by atoms with E-state index in [9.17, 15) is 4.79 Å². The molecule has 0 bridgehead atoms. The molecule has 3 heteroatoms. The number of rotatable bonds is 17. The maximum absolute atomic E-state index is 11.2. The molecule has 0 rings (SSSR count). The summed E-state index contributed by atoms with van der Waals surface area (Å²) in [5.41, 5.74) is 0. The monoisotopic (exact) mass is 314 g/mol. The van der Waals surface area contributed by atoms with Crippen LogP contribution in [-0.4, -0.2) is 25.3 Å². The van der Waals surface area contributed by atoms with Crippen LogP contribution in [0.2, 0.25) is 0 Å². The molecule has 0 heterocycles. The Hall–Kier alpha value is -0.410. The molecular weight excluding hydrogens is 276 g/mol. The number of unbranched alkanes of at least 4 members (excludes halogenated alkanes) is 10. The highest BCUT2D eigenvalue weighted by Gasteiger charge is 2.24. The summed E-state index contributed by atoms with van der Waals surface area (Å²) in [5.74, 6) is -1.05. The highest BCUT2D eigenvalue weighted by molar-refractivity contribution is 5.59. The molecule has 0 aliphatic rings. The summed E-state index contributed by atoms with van der Waals surface area (Å²) in [6, 6.07) is 0. The van der Waals surface area contributed by atoms with Gasteiger partial charge in [-0.3, -0.25) is 4.79 Å². The molecule has 3 nitrogen and oxygen atoms in total. The molecule has 0 unspecified atom stereocenters. The van der Waals surface area contributed by atoms with E-state index in [4.69, 9.17) is 9.47 Å². The van der Waals surface area contributed by atoms with Crippen molar-refractivity contribution in [2.45, 2.75) is 104 Å². The average Bonchev–Trinajstić information content (AvgIpc) is 2.53. The normalized spacial score (nSPS) is 11.8. The number of ether oxygens (including phenoxy) is 2. The van der Waals surface area contributed by atoms with Crippen LogP contribution in [0.1, 0.15) is 97.8 Å². The second-order valence-electron chi connectivity index (χ2n) is 6.37. The molecule has 0 aromatic rings. The molecular formula is C19H38O3. The number of hydrogen-bond acceptors (Lipinski definition) is 3. The maximum atomic E-state index is 11.2. The van der Waals surface area contributed by atoms with Gasteiger partial charge in [0.25, 0.3) is 0 Å². The lowest BCUT2D eigenvalue weighted by Gasteiger charge is -2.24. The van der Waals surface area contributed by atoms with E-state index in [1.165, 1.54) is 64.2 Å². The van der Waals surface area contributed by atoms with E-state index in [0.717, 1.165) is 19.1 Å². The largest absolute Gasteiger partial charge is 0.344 e. The van der Waals surface area contributed by atoms with Crippen molar-refractivity contribution in [3.8, 4) is 0 Å². The molecule has 22 heavy (non-hydrogen) atoms. The molecule has 0 fully saturated rings. The third-order valence-corrected chi connectivity index (χ3v) is 3.99. The van der Waals surface area contributed by atoms with Gasteiger partial charge in [-0.05, 0) is 19.8 Å². The molecule has 0 aromatic carbocycles. The zero-order chi connectivity index (χ0) is 16.5. The summed E-state index contributed by atoms with van der Waals surface area (Å²) in [5, 5.41) is 0. The quantitative estimate of drug-likeness (QED) is 0.197. The number of aldehydes is 1. The van der Waals surface area contributed by atoms with Gasteiger partial charge in [-0.2, -0.15) is 0 Å². The Morgan fingerprint density at radius 3 is 1.41 bits per heavy atom. The van der Waals surface area contributed by atoms with Crippen molar-refractivity contribution in [3.05, 3.63) is 0 Å². The van der Waals surface area contributed by atoms with Gasteiger partial charge >= 0.3 is 0 Å². The Bertz CT molecular complexity index is 223. The fourth-order valence-corrected chi connectivity index (χ4v) is 2.42. The molecule has 0 saturated carbocycles. The molecule has 0 aliphatic carbocycles. The van der Waals surface area contributed by atoms with Crippen molar-refractivity contribution < 1.29 is 14.3 Å². The van der Waals surface area contributed by atoms with Gasteiger partial charge in [0.15, 0.2) is 6.29 Å². The lowest BCUT2D eigenvalue weighted by atomic mass is 10.1. The Morgan fingerprint density at radius 2 is 1.05 bits per heavy atom. The zero-order valence-electron chi connectivity index (χ0n) is 15.2. The van der Waals surface area contributed by atoms with E-state index < -0.39 is 5.79 Å². The highest BCUT2D eigenvalue weighted by Crippen LogP contribution is 2.13. The predicted molar refractivity (Wildman–Crippen MR) is 93.1 cm³/mol. The van der Waals surface area contributed by atoms with Crippen LogP contribution in [0.4, 0.5) is 0 Å². The summed E-state index contributed by atoms with van der Waals surface area (Å²) in [7, 11) is 0. The average molecular weight is 315 g/mol. The van der Waals surface area contributed by atoms with Gasteiger partial charge in [0.1, 0.15) is 0 Å². The van der Waals surface area contributed by atoms with Crippen LogP contribution in [0.25, 0.3) is 0 Å². The molecule has 0 radical (unpaired) electrons. The molecule has 0 aromatic heterocycles. The lowest BCUT2D eigenvalue weighted by molar-refractivity contribution is -0.210. The second kappa shape index (κ2) is 15.5. The standard InChI is InChI=1S/C19H38O3/c1-4-6-8-10-12-14-16-21-19(3,18-20)22-17-15-13-11-9-7-5-2/h18H,4-17H2,1-3H3. The van der Waals surface area contributed by atoms with Gasteiger partial charge < -0.3 is 9.47 Å². The van der Waals surface area contributed by atoms with Gasteiger partial charge in [-0.15, -0.1) is 0 Å². The molecule has 0 atom stereocenters. The fraction of sp³-hybridized carbons (Fsp3) is 0.947. The van der Waals surface area contributed by atoms with Crippen LogP contribution >= 0.6 is 0 Å². The van der Waals surface area contributed by atoms with Crippen LogP contribution in [0.15, 0.2) is 0 Å². The SMILES string of the molecule is CCCCCCCCOC(C)(C=O)OCCCCCCCC. The molecule has 0 N–H and O–H groups in total. The first-order valence-corrected chi connectivity index (χ1v) is 9.42. The van der Waals surface area contributed by atoms with E-state index >= 15 is 0 Å². The second-order valence-corrected chi connectivity index (χ2v) is 6.37. The Labute approximate surface area is 138 Å². The topological polar surface area (TPSA) is 35.5 Å². The zero-order valence-corrected chi connectivity index (χ0v) is 15.2. The van der Waals surface area contributed by atoms with Crippen LogP contribution in [-0.2, 0) is 14.3 Å². The maximum Gasteiger partial charge on any atom is 0.222 e. The third kappa shape index (κ3) is 13.3. The van der Waals surface area contributed by atoms with Crippen LogP contribution in [0, 0.1) is 0 Å². The minimum absolute atomic E-state index is 0.609. The van der Waals surface area contributed by atoms with Crippen LogP contribution in [0.5, 0.6) is 0 Å². The molecule has 132 valence electrons. The summed E-state index contributed by atoms with van der Waals surface area (Å²) < 4.78 is 11.3. The molecule has 0 aliphatic heterocycles. The van der Waals surface area contributed by atoms with E-state index in [2.05, 4.69) is 13.8 Å². The predicted octanol–water partition coefficient (Wildman–Crippen LogP) is 5.66. The van der Waals surface area contributed by atoms with E-state index in [1.54, 1.807) is 6.92 Å². The van der Waals surface area contributed by atoms with Crippen molar-refractivity contribution in [1.29, 1.82) is 0 Å². The first kappa shape index (κ1) is 21.6. The minimum atomic E-state index is -1.05. The molecule has 0 spiro atoms. The van der Waals surface area contributed by atoms with Crippen molar-refractivity contribution in [2.24, 2.45) is 0 Å². The summed E-state index contributed by atoms with van der Waals surface area (Å²) >= 11 is 0. The first-order valence-electron chi connectivity index (χ1n) is 9.42. The number of carbonyl (C=O) groups excluding carboxylic acids is 1. The number of hydrogen-bond donors (Lipinski definition) is 0. The molecule has 0 saturated heterocycles. The summed E-state index contributed by atoms with van der Waals surface area (Å²) in [6.07, 6.45) is 15.4. The first-order chi connectivity index (χ1) is 10.7. The Kier molecular flexibility index (Phi) is 15.2. The minimum Gasteiger partial charge on any atom is -0.344 e. The highest BCUT2D eigenvalue weighted by atomic mass is 16.7. The van der Waals surface area contributed by atoms with Crippen molar-refractivity contribution >= 4 is 6.29 Å². The van der Waals surface area contributed by atoms with Gasteiger partial charge in [0.2, 0.25) is 5.79 Å². The van der Waals surface area contributed by atoms with Gasteiger partial charge in [0.05, 0.1) is 13.2 Å². The van der Waals surface area contributed by atoms with Gasteiger partial charge in [0, 0.05) is 0 Å². The van der Waals surface area contributed by atoms with E-state index in [0.29, 0.717) is 13.2 Å². The van der Waals surface area contributed by atoms with Gasteiger partial charge in [-0.25, -0.2) is 0 Å². The Morgan fingerprint density at radius 1 is 0.682 bits per heavy atom. The van der Waals surface area contributed by atoms with Crippen molar-refractivity contribution in [1.82, 2.24) is 0 Å². The van der Waals surface area contributed by atoms with Crippen molar-refractivity contribution in [3.63, 3.8) is 0 Å². The summed E-state index contributed by atoms with van der Waals surface area (Å²) in [6.45, 7) is 7.39. The fourth-order valence-electron chi connectivity index (χ4n) is 2.42. The van der Waals surface area contributed by atoms with E-state index in [1.807, 2.05) is 0 Å². The molecule has 0 amide bonds. The lowest BCUT2D eigenvalue weighted by Crippen LogP contribution is -2.35. The summed E-state index contributed by atoms with van der Waals surface area (Å²) in [4.78, 5) is 11.2. The van der Waals surface area contributed by atoms with Crippen molar-refractivity contribution in [2.75, 3.05) is 13.2 Å². The third-order valence-electron chi connectivity index (χ3n) is 3.99. The van der Waals surface area contributed by atoms with Crippen LogP contribution < -0.4 is 0 Å². The van der Waals surface area contributed by atoms with E-state index in [-0.39, 0.29) is 0 Å². The Balaban J connectivity index is 3.56.